The molecule has 6 nitrogen and oxygen atoms in total. The number of nitriles is 1. The van der Waals surface area contributed by atoms with Crippen molar-refractivity contribution in [2.24, 2.45) is 0 Å². The number of fused-ring (bicyclic) bond motifs is 1. The van der Waals surface area contributed by atoms with Crippen molar-refractivity contribution in [2.45, 2.75) is 19.3 Å². The van der Waals surface area contributed by atoms with E-state index in [4.69, 9.17) is 20.8 Å². The van der Waals surface area contributed by atoms with Crippen LogP contribution in [-0.2, 0) is 17.6 Å². The predicted octanol–water partition coefficient (Wildman–Crippen LogP) is 0.173. The third kappa shape index (κ3) is 2.00. The second kappa shape index (κ2) is 5.02. The minimum atomic E-state index is -0.618. The maximum absolute atomic E-state index is 11.9. The fourth-order valence-corrected chi connectivity index (χ4v) is 2.15. The van der Waals surface area contributed by atoms with Crippen molar-refractivity contribution in [3.63, 3.8) is 0 Å². The number of hydrogen-bond donors (Lipinski definition) is 2. The summed E-state index contributed by atoms with van der Waals surface area (Å²) in [5, 5.41) is 17.7. The Balaban J connectivity index is 2.50. The number of anilines is 1. The summed E-state index contributed by atoms with van der Waals surface area (Å²) in [5.74, 6) is -0.554. The van der Waals surface area contributed by atoms with Crippen molar-refractivity contribution in [3.8, 4) is 6.07 Å². The Morgan fingerprint density at radius 2 is 2.33 bits per heavy atom. The van der Waals surface area contributed by atoms with Gasteiger partial charge in [0.2, 0.25) is 0 Å². The third-order valence-electron chi connectivity index (χ3n) is 2.89. The molecule has 1 aromatic rings. The Morgan fingerprint density at radius 1 is 1.56 bits per heavy atom. The van der Waals surface area contributed by atoms with Crippen LogP contribution in [0.15, 0.2) is 0 Å². The molecule has 18 heavy (non-hydrogen) atoms. The van der Waals surface area contributed by atoms with Crippen LogP contribution in [0.4, 0.5) is 5.82 Å². The first kappa shape index (κ1) is 12.3. The van der Waals surface area contributed by atoms with E-state index >= 15 is 0 Å². The number of carbonyl (C=O) groups is 1. The van der Waals surface area contributed by atoms with Gasteiger partial charge in [0.15, 0.2) is 0 Å². The van der Waals surface area contributed by atoms with Gasteiger partial charge in [-0.25, -0.2) is 9.78 Å². The lowest BCUT2D eigenvalue weighted by Gasteiger charge is -2.11. The molecule has 0 saturated carbocycles. The van der Waals surface area contributed by atoms with E-state index in [-0.39, 0.29) is 30.2 Å². The smallest absolute Gasteiger partial charge is 0.340 e. The summed E-state index contributed by atoms with van der Waals surface area (Å²) in [4.78, 5) is 16.1. The van der Waals surface area contributed by atoms with Crippen molar-refractivity contribution in [2.75, 3.05) is 18.9 Å². The molecule has 0 amide bonds. The SMILES string of the molecule is N#Cc1c(N)nc2c(c1C(=O)OCCO)CCC2. The highest BCUT2D eigenvalue weighted by Crippen LogP contribution is 2.29. The van der Waals surface area contributed by atoms with Crippen molar-refractivity contribution in [1.29, 1.82) is 5.26 Å². The largest absolute Gasteiger partial charge is 0.460 e. The van der Waals surface area contributed by atoms with E-state index in [1.165, 1.54) is 0 Å². The number of hydrogen-bond acceptors (Lipinski definition) is 6. The second-order valence-corrected chi connectivity index (χ2v) is 4.00. The van der Waals surface area contributed by atoms with E-state index in [1.807, 2.05) is 6.07 Å². The average molecular weight is 247 g/mol. The minimum absolute atomic E-state index is 0.0640. The van der Waals surface area contributed by atoms with Crippen LogP contribution < -0.4 is 5.73 Å². The molecule has 0 aromatic carbocycles. The maximum Gasteiger partial charge on any atom is 0.340 e. The van der Waals surface area contributed by atoms with Crippen molar-refractivity contribution >= 4 is 11.8 Å². The van der Waals surface area contributed by atoms with E-state index < -0.39 is 5.97 Å². The molecule has 0 bridgehead atoms. The summed E-state index contributed by atoms with van der Waals surface area (Å²) in [6.45, 7) is -0.350. The summed E-state index contributed by atoms with van der Waals surface area (Å²) < 4.78 is 4.88. The van der Waals surface area contributed by atoms with Gasteiger partial charge in [-0.15, -0.1) is 0 Å². The molecule has 0 atom stereocenters. The van der Waals surface area contributed by atoms with E-state index in [9.17, 15) is 4.79 Å². The first-order valence-corrected chi connectivity index (χ1v) is 5.68. The number of nitrogen functional groups attached to an aromatic ring is 1. The van der Waals surface area contributed by atoms with Crippen LogP contribution >= 0.6 is 0 Å². The van der Waals surface area contributed by atoms with Crippen LogP contribution in [0.25, 0.3) is 0 Å². The maximum atomic E-state index is 11.9. The molecule has 0 saturated heterocycles. The predicted molar refractivity (Wildman–Crippen MR) is 62.8 cm³/mol. The quantitative estimate of drug-likeness (QED) is 0.737. The third-order valence-corrected chi connectivity index (χ3v) is 2.89. The summed E-state index contributed by atoms with van der Waals surface area (Å²) >= 11 is 0. The van der Waals surface area contributed by atoms with Gasteiger partial charge in [0.1, 0.15) is 24.1 Å². The molecule has 1 aliphatic carbocycles. The average Bonchev–Trinajstić information content (AvgIpc) is 2.81. The Kier molecular flexibility index (Phi) is 3.44. The first-order chi connectivity index (χ1) is 8.69. The van der Waals surface area contributed by atoms with Crippen molar-refractivity contribution in [1.82, 2.24) is 4.98 Å². The Morgan fingerprint density at radius 3 is 3.00 bits per heavy atom. The molecule has 1 aliphatic rings. The van der Waals surface area contributed by atoms with Gasteiger partial charge in [-0.1, -0.05) is 0 Å². The molecule has 0 radical (unpaired) electrons. The molecule has 6 heteroatoms. The highest BCUT2D eigenvalue weighted by molar-refractivity contribution is 5.95. The van der Waals surface area contributed by atoms with Crippen LogP contribution in [0, 0.1) is 11.3 Å². The summed E-state index contributed by atoms with van der Waals surface area (Å²) in [6.07, 6.45) is 2.34. The molecule has 0 unspecified atom stereocenters. The molecule has 1 aromatic heterocycles. The Hall–Kier alpha value is -2.13. The topological polar surface area (TPSA) is 109 Å². The highest BCUT2D eigenvalue weighted by atomic mass is 16.5. The van der Waals surface area contributed by atoms with Gasteiger partial charge in [0, 0.05) is 5.69 Å². The van der Waals surface area contributed by atoms with Gasteiger partial charge >= 0.3 is 5.97 Å². The first-order valence-electron chi connectivity index (χ1n) is 5.68. The molecular weight excluding hydrogens is 234 g/mol. The number of aryl methyl sites for hydroxylation is 1. The van der Waals surface area contributed by atoms with Crippen LogP contribution in [0.1, 0.15) is 33.6 Å². The van der Waals surface area contributed by atoms with Gasteiger partial charge < -0.3 is 15.6 Å². The second-order valence-electron chi connectivity index (χ2n) is 4.00. The Bertz CT molecular complexity index is 534. The van der Waals surface area contributed by atoms with Gasteiger partial charge in [-0.3, -0.25) is 0 Å². The normalized spacial score (nSPS) is 12.9. The molecule has 94 valence electrons. The number of esters is 1. The zero-order valence-electron chi connectivity index (χ0n) is 9.77. The molecule has 3 N–H and O–H groups in total. The van der Waals surface area contributed by atoms with Crippen LogP contribution in [0.3, 0.4) is 0 Å². The lowest BCUT2D eigenvalue weighted by molar-refractivity contribution is 0.0432. The number of aliphatic hydroxyl groups excluding tert-OH is 1. The molecular formula is C12H13N3O3. The zero-order valence-corrected chi connectivity index (χ0v) is 9.77. The number of rotatable bonds is 3. The van der Waals surface area contributed by atoms with Crippen LogP contribution in [-0.4, -0.2) is 29.3 Å². The molecule has 0 spiro atoms. The number of carbonyl (C=O) groups excluding carboxylic acids is 1. The van der Waals surface area contributed by atoms with Gasteiger partial charge in [0.05, 0.1) is 12.2 Å². The summed E-state index contributed by atoms with van der Waals surface area (Å²) in [7, 11) is 0. The fraction of sp³-hybridized carbons (Fsp3) is 0.417. The van der Waals surface area contributed by atoms with Crippen LogP contribution in [0.5, 0.6) is 0 Å². The summed E-state index contributed by atoms with van der Waals surface area (Å²) in [6, 6.07) is 1.90. The van der Waals surface area contributed by atoms with E-state index in [1.54, 1.807) is 0 Å². The van der Waals surface area contributed by atoms with Crippen molar-refractivity contribution in [3.05, 3.63) is 22.4 Å². The molecule has 1 heterocycles. The fourth-order valence-electron chi connectivity index (χ4n) is 2.15. The van der Waals surface area contributed by atoms with Gasteiger partial charge in [0.25, 0.3) is 0 Å². The van der Waals surface area contributed by atoms with E-state index in [0.29, 0.717) is 6.42 Å². The molecule has 2 rings (SSSR count). The number of ether oxygens (including phenoxy) is 1. The standard InChI is InChI=1S/C12H13N3O3/c13-6-8-10(12(17)18-5-4-16)7-2-1-3-9(7)15-11(8)14/h16H,1-5H2,(H2,14,15). The van der Waals surface area contributed by atoms with Gasteiger partial charge in [-0.05, 0) is 24.8 Å². The summed E-state index contributed by atoms with van der Waals surface area (Å²) in [5.41, 5.74) is 7.48. The zero-order chi connectivity index (χ0) is 13.1. The highest BCUT2D eigenvalue weighted by Gasteiger charge is 2.27. The van der Waals surface area contributed by atoms with E-state index in [0.717, 1.165) is 24.1 Å². The van der Waals surface area contributed by atoms with Gasteiger partial charge in [-0.2, -0.15) is 5.26 Å². The number of nitrogens with zero attached hydrogens (tertiary/aromatic N) is 2. The lowest BCUT2D eigenvalue weighted by atomic mass is 10.0. The lowest BCUT2D eigenvalue weighted by Crippen LogP contribution is -2.15. The van der Waals surface area contributed by atoms with Crippen molar-refractivity contribution < 1.29 is 14.6 Å². The van der Waals surface area contributed by atoms with Crippen LogP contribution in [0.2, 0.25) is 0 Å². The van der Waals surface area contributed by atoms with E-state index in [2.05, 4.69) is 4.98 Å². The Labute approximate surface area is 104 Å². The number of pyridine rings is 1. The minimum Gasteiger partial charge on any atom is -0.460 e. The number of nitrogens with two attached hydrogens (primary N) is 1. The molecule has 0 aliphatic heterocycles. The monoisotopic (exact) mass is 247 g/mol. The number of aliphatic hydroxyl groups is 1. The molecule has 0 fully saturated rings. The number of aromatic nitrogens is 1.